The van der Waals surface area contributed by atoms with Crippen molar-refractivity contribution in [2.75, 3.05) is 13.2 Å². The van der Waals surface area contributed by atoms with E-state index < -0.39 is 12.2 Å². The van der Waals surface area contributed by atoms with Gasteiger partial charge in [0.15, 0.2) is 11.5 Å². The minimum absolute atomic E-state index is 0.0477. The van der Waals surface area contributed by atoms with Crippen molar-refractivity contribution in [1.82, 2.24) is 0 Å². The topological polar surface area (TPSA) is 68.2 Å². The van der Waals surface area contributed by atoms with Gasteiger partial charge in [0.25, 0.3) is 0 Å². The van der Waals surface area contributed by atoms with Crippen LogP contribution in [0.4, 0.5) is 0 Å². The molecule has 0 aliphatic heterocycles. The van der Waals surface area contributed by atoms with Crippen LogP contribution in [0.3, 0.4) is 0 Å². The maximum atomic E-state index is 10.7. The molecule has 0 aromatic heterocycles. The maximum absolute atomic E-state index is 10.7. The Morgan fingerprint density at radius 2 is 1.00 bits per heavy atom. The van der Waals surface area contributed by atoms with E-state index in [-0.39, 0.29) is 13.2 Å². The van der Waals surface area contributed by atoms with Crippen molar-refractivity contribution in [2.45, 2.75) is 12.2 Å². The Bertz CT molecular complexity index is 1420. The quantitative estimate of drug-likeness (QED) is 0.223. The first-order valence-electron chi connectivity index (χ1n) is 12.2. The summed E-state index contributed by atoms with van der Waals surface area (Å²) < 4.78 is 18.6. The van der Waals surface area contributed by atoms with E-state index in [0.717, 1.165) is 21.9 Å². The number of hydrogen-bond donors (Lipinski definition) is 2. The van der Waals surface area contributed by atoms with Gasteiger partial charge in [-0.15, -0.1) is 0 Å². The molecule has 0 saturated heterocycles. The van der Waals surface area contributed by atoms with Crippen LogP contribution in [0.2, 0.25) is 0 Å². The highest BCUT2D eigenvalue weighted by atomic mass is 16.5. The van der Waals surface area contributed by atoms with Gasteiger partial charge < -0.3 is 24.4 Å². The average molecular weight is 493 g/mol. The molecule has 2 N–H and O–H groups in total. The van der Waals surface area contributed by atoms with Crippen molar-refractivity contribution in [3.8, 4) is 23.0 Å². The summed E-state index contributed by atoms with van der Waals surface area (Å²) in [5.41, 5.74) is 1.55. The SMILES string of the molecule is OC(COc1cc(Oc2ccccc2)c(OCC(O)c2ccccc2)c2ccccc12)c1ccccc1. The van der Waals surface area contributed by atoms with Gasteiger partial charge in [-0.1, -0.05) is 103 Å². The largest absolute Gasteiger partial charge is 0.490 e. The number of benzene rings is 5. The third-order valence-electron chi connectivity index (χ3n) is 6.05. The standard InChI is InChI=1S/C32H28O5/c33-28(23-12-4-1-5-13-23)21-35-30-20-31(37-25-16-8-3-9-17-25)32(27-19-11-10-18-26(27)30)36-22-29(34)24-14-6-2-7-15-24/h1-20,28-29,33-34H,21-22H2. The second kappa shape index (κ2) is 11.6. The highest BCUT2D eigenvalue weighted by Gasteiger charge is 2.19. The lowest BCUT2D eigenvalue weighted by molar-refractivity contribution is 0.106. The summed E-state index contributed by atoms with van der Waals surface area (Å²) in [6.07, 6.45) is -1.59. The van der Waals surface area contributed by atoms with Gasteiger partial charge in [-0.3, -0.25) is 0 Å². The second-order valence-corrected chi connectivity index (χ2v) is 8.64. The predicted octanol–water partition coefficient (Wildman–Crippen LogP) is 6.86. The van der Waals surface area contributed by atoms with Crippen LogP contribution in [-0.2, 0) is 0 Å². The van der Waals surface area contributed by atoms with E-state index in [0.29, 0.717) is 23.0 Å². The fraction of sp³-hybridized carbons (Fsp3) is 0.125. The van der Waals surface area contributed by atoms with E-state index in [9.17, 15) is 10.2 Å². The molecule has 0 fully saturated rings. The minimum atomic E-state index is -0.804. The molecule has 0 bridgehead atoms. The van der Waals surface area contributed by atoms with Gasteiger partial charge in [-0.25, -0.2) is 0 Å². The number of rotatable bonds is 10. The molecule has 5 aromatic rings. The van der Waals surface area contributed by atoms with Crippen LogP contribution in [0, 0.1) is 0 Å². The Morgan fingerprint density at radius 3 is 1.59 bits per heavy atom. The highest BCUT2D eigenvalue weighted by Crippen LogP contribution is 2.44. The zero-order valence-electron chi connectivity index (χ0n) is 20.2. The molecule has 37 heavy (non-hydrogen) atoms. The molecule has 5 rings (SSSR count). The molecule has 0 radical (unpaired) electrons. The smallest absolute Gasteiger partial charge is 0.173 e. The van der Waals surface area contributed by atoms with Crippen LogP contribution in [0.1, 0.15) is 23.3 Å². The number of aliphatic hydroxyl groups is 2. The number of aliphatic hydroxyl groups excluding tert-OH is 2. The Hall–Kier alpha value is -4.32. The molecule has 0 spiro atoms. The van der Waals surface area contributed by atoms with E-state index >= 15 is 0 Å². The Kier molecular flexibility index (Phi) is 7.65. The lowest BCUT2D eigenvalue weighted by Crippen LogP contribution is -2.11. The summed E-state index contributed by atoms with van der Waals surface area (Å²) in [6, 6.07) is 37.7. The Morgan fingerprint density at radius 1 is 0.514 bits per heavy atom. The number of fused-ring (bicyclic) bond motifs is 1. The lowest BCUT2D eigenvalue weighted by Gasteiger charge is -2.20. The fourth-order valence-corrected chi connectivity index (χ4v) is 4.12. The van der Waals surface area contributed by atoms with Crippen LogP contribution in [0.25, 0.3) is 10.8 Å². The van der Waals surface area contributed by atoms with Gasteiger partial charge in [0.05, 0.1) is 0 Å². The van der Waals surface area contributed by atoms with Crippen LogP contribution in [-0.4, -0.2) is 23.4 Å². The van der Waals surface area contributed by atoms with Crippen LogP contribution < -0.4 is 14.2 Å². The molecular weight excluding hydrogens is 464 g/mol. The average Bonchev–Trinajstić information content (AvgIpc) is 2.96. The van der Waals surface area contributed by atoms with Crippen molar-refractivity contribution in [2.24, 2.45) is 0 Å². The van der Waals surface area contributed by atoms with E-state index in [1.165, 1.54) is 0 Å². The molecule has 5 nitrogen and oxygen atoms in total. The summed E-state index contributed by atoms with van der Waals surface area (Å²) >= 11 is 0. The predicted molar refractivity (Wildman–Crippen MR) is 144 cm³/mol. The first-order valence-corrected chi connectivity index (χ1v) is 12.2. The molecule has 0 heterocycles. The van der Waals surface area contributed by atoms with Gasteiger partial charge in [-0.2, -0.15) is 0 Å². The van der Waals surface area contributed by atoms with Crippen molar-refractivity contribution in [3.63, 3.8) is 0 Å². The molecule has 0 amide bonds. The summed E-state index contributed by atoms with van der Waals surface area (Å²) in [4.78, 5) is 0. The monoisotopic (exact) mass is 492 g/mol. The third-order valence-corrected chi connectivity index (χ3v) is 6.05. The number of para-hydroxylation sites is 1. The summed E-state index contributed by atoms with van der Waals surface area (Å²) in [5.74, 6) is 2.16. The third kappa shape index (κ3) is 5.92. The Balaban J connectivity index is 1.48. The molecule has 2 unspecified atom stereocenters. The van der Waals surface area contributed by atoms with Gasteiger partial charge in [0, 0.05) is 16.8 Å². The van der Waals surface area contributed by atoms with Gasteiger partial charge in [0.2, 0.25) is 0 Å². The summed E-state index contributed by atoms with van der Waals surface area (Å²) in [6.45, 7) is 0.123. The molecule has 2 atom stereocenters. The maximum Gasteiger partial charge on any atom is 0.173 e. The van der Waals surface area contributed by atoms with E-state index in [1.807, 2.05) is 115 Å². The lowest BCUT2D eigenvalue weighted by atomic mass is 10.1. The first-order chi connectivity index (χ1) is 18.2. The van der Waals surface area contributed by atoms with Crippen molar-refractivity contribution < 1.29 is 24.4 Å². The number of ether oxygens (including phenoxy) is 3. The van der Waals surface area contributed by atoms with Crippen molar-refractivity contribution in [1.29, 1.82) is 0 Å². The summed E-state index contributed by atoms with van der Waals surface area (Å²) in [7, 11) is 0. The van der Waals surface area contributed by atoms with E-state index in [4.69, 9.17) is 14.2 Å². The first kappa shape index (κ1) is 24.4. The van der Waals surface area contributed by atoms with E-state index in [2.05, 4.69) is 0 Å². The van der Waals surface area contributed by atoms with Gasteiger partial charge in [0.1, 0.15) is 36.9 Å². The van der Waals surface area contributed by atoms with Crippen molar-refractivity contribution >= 4 is 10.8 Å². The Labute approximate surface area is 216 Å². The van der Waals surface area contributed by atoms with Crippen LogP contribution >= 0.6 is 0 Å². The normalized spacial score (nSPS) is 12.6. The van der Waals surface area contributed by atoms with E-state index in [1.54, 1.807) is 6.07 Å². The second-order valence-electron chi connectivity index (χ2n) is 8.64. The molecule has 0 saturated carbocycles. The highest BCUT2D eigenvalue weighted by molar-refractivity contribution is 5.95. The molecule has 186 valence electrons. The zero-order valence-corrected chi connectivity index (χ0v) is 20.2. The molecule has 5 heteroatoms. The van der Waals surface area contributed by atoms with Gasteiger partial charge >= 0.3 is 0 Å². The summed E-state index contributed by atoms with van der Waals surface area (Å²) in [5, 5.41) is 23.0. The molecule has 0 aliphatic rings. The molecular formula is C32H28O5. The molecule has 5 aromatic carbocycles. The zero-order chi connectivity index (χ0) is 25.5. The van der Waals surface area contributed by atoms with Crippen LogP contribution in [0.15, 0.2) is 121 Å². The minimum Gasteiger partial charge on any atom is -0.490 e. The van der Waals surface area contributed by atoms with Gasteiger partial charge in [-0.05, 0) is 23.3 Å². The number of hydrogen-bond acceptors (Lipinski definition) is 5. The van der Waals surface area contributed by atoms with Crippen molar-refractivity contribution in [3.05, 3.63) is 132 Å². The van der Waals surface area contributed by atoms with Crippen LogP contribution in [0.5, 0.6) is 23.0 Å². The fourth-order valence-electron chi connectivity index (χ4n) is 4.12. The molecule has 0 aliphatic carbocycles.